The van der Waals surface area contributed by atoms with Crippen molar-refractivity contribution < 1.29 is 10.3 Å². The second-order valence-corrected chi connectivity index (χ2v) is 7.17. The van der Waals surface area contributed by atoms with Crippen LogP contribution in [0, 0.1) is 6.92 Å². The minimum Gasteiger partial charge on any atom is -0.508 e. The van der Waals surface area contributed by atoms with Gasteiger partial charge in [-0.15, -0.1) is 0 Å². The van der Waals surface area contributed by atoms with Gasteiger partial charge in [0.25, 0.3) is 0 Å². The molecule has 3 aromatic carbocycles. The highest BCUT2D eigenvalue weighted by Crippen LogP contribution is 2.32. The van der Waals surface area contributed by atoms with Gasteiger partial charge in [-0.1, -0.05) is 57.5 Å². The first-order chi connectivity index (χ1) is 12.6. The van der Waals surface area contributed by atoms with Gasteiger partial charge in [-0.25, -0.2) is 0 Å². The Hall–Kier alpha value is -2.59. The van der Waals surface area contributed by atoms with Gasteiger partial charge in [0, 0.05) is 16.8 Å². The third-order valence-electron chi connectivity index (χ3n) is 4.55. The zero-order valence-electron chi connectivity index (χ0n) is 14.4. The molecule has 0 saturated carbocycles. The summed E-state index contributed by atoms with van der Waals surface area (Å²) < 4.78 is 1.03. The fourth-order valence-electron chi connectivity index (χ4n) is 3.14. The quantitative estimate of drug-likeness (QED) is 0.314. The third-order valence-corrected chi connectivity index (χ3v) is 5.08. The molecule has 1 unspecified atom stereocenters. The number of phenols is 1. The number of phenolic OH excluding ortho intramolecular Hbond substituents is 1. The number of nitrogens with zero attached hydrogens (tertiary/aromatic N) is 1. The summed E-state index contributed by atoms with van der Waals surface area (Å²) >= 11 is 3.49. The second-order valence-electron chi connectivity index (χ2n) is 6.26. The number of oxime groups is 1. The van der Waals surface area contributed by atoms with Gasteiger partial charge in [-0.2, -0.15) is 0 Å². The summed E-state index contributed by atoms with van der Waals surface area (Å²) in [7, 11) is 0. The Morgan fingerprint density at radius 3 is 2.23 bits per heavy atom. The Morgan fingerprint density at radius 2 is 1.62 bits per heavy atom. The van der Waals surface area contributed by atoms with E-state index < -0.39 is 0 Å². The molecule has 2 N–H and O–H groups in total. The molecule has 0 aliphatic rings. The fourth-order valence-corrected chi connectivity index (χ4v) is 3.41. The van der Waals surface area contributed by atoms with Crippen LogP contribution in [0.3, 0.4) is 0 Å². The van der Waals surface area contributed by atoms with Crippen molar-refractivity contribution in [2.75, 3.05) is 0 Å². The van der Waals surface area contributed by atoms with Crippen LogP contribution < -0.4 is 0 Å². The van der Waals surface area contributed by atoms with Crippen LogP contribution in [-0.4, -0.2) is 16.0 Å². The minimum absolute atomic E-state index is 0.0593. The minimum atomic E-state index is 0.0593. The topological polar surface area (TPSA) is 52.8 Å². The van der Waals surface area contributed by atoms with E-state index in [0.717, 1.165) is 15.6 Å². The Labute approximate surface area is 161 Å². The molecular weight excluding hydrogens is 390 g/mol. The molecule has 26 heavy (non-hydrogen) atoms. The Balaban J connectivity index is 2.01. The summed E-state index contributed by atoms with van der Waals surface area (Å²) in [5.41, 5.74) is 4.93. The molecule has 0 fully saturated rings. The van der Waals surface area contributed by atoms with Crippen LogP contribution in [-0.2, 0) is 0 Å². The molecule has 132 valence electrons. The molecule has 3 nitrogen and oxygen atoms in total. The van der Waals surface area contributed by atoms with Crippen LogP contribution in [0.15, 0.2) is 82.4 Å². The zero-order chi connectivity index (χ0) is 18.5. The molecule has 0 heterocycles. The number of aromatic hydroxyl groups is 1. The van der Waals surface area contributed by atoms with Gasteiger partial charge >= 0.3 is 0 Å². The van der Waals surface area contributed by atoms with Gasteiger partial charge in [0.15, 0.2) is 0 Å². The summed E-state index contributed by atoms with van der Waals surface area (Å²) in [6, 6.07) is 23.2. The lowest BCUT2D eigenvalue weighted by Gasteiger charge is -2.21. The summed E-state index contributed by atoms with van der Waals surface area (Å²) in [4.78, 5) is 0. The maximum absolute atomic E-state index is 9.62. The standard InChI is InChI=1S/C22H20BrNO2/c1-15-4-2-3-5-20(15)21(16-6-10-18(23)11-7-16)14-22(24-26)17-8-12-19(25)13-9-17/h2-13,21,25-26H,14H2,1H3/b24-22-. The number of hydrogen-bond donors (Lipinski definition) is 2. The lowest BCUT2D eigenvalue weighted by atomic mass is 9.83. The van der Waals surface area contributed by atoms with Crippen LogP contribution in [0.5, 0.6) is 5.75 Å². The molecule has 0 spiro atoms. The monoisotopic (exact) mass is 409 g/mol. The Bertz CT molecular complexity index is 902. The number of hydrogen-bond acceptors (Lipinski definition) is 3. The highest BCUT2D eigenvalue weighted by atomic mass is 79.9. The van der Waals surface area contributed by atoms with Crippen molar-refractivity contribution in [3.05, 3.63) is 99.5 Å². The van der Waals surface area contributed by atoms with E-state index in [1.54, 1.807) is 24.3 Å². The van der Waals surface area contributed by atoms with E-state index in [-0.39, 0.29) is 11.7 Å². The predicted octanol–water partition coefficient (Wildman–Crippen LogP) is 5.86. The molecular formula is C22H20BrNO2. The van der Waals surface area contributed by atoms with Gasteiger partial charge in [0.1, 0.15) is 5.75 Å². The molecule has 0 aromatic heterocycles. The van der Waals surface area contributed by atoms with Gasteiger partial charge in [-0.05, 0) is 65.6 Å². The molecule has 1 atom stereocenters. The number of aryl methyl sites for hydroxylation is 1. The molecule has 0 amide bonds. The van der Waals surface area contributed by atoms with E-state index in [9.17, 15) is 10.3 Å². The second kappa shape index (κ2) is 8.19. The maximum atomic E-state index is 9.62. The SMILES string of the molecule is Cc1ccccc1C(C/C(=N/O)c1ccc(O)cc1)c1ccc(Br)cc1. The van der Waals surface area contributed by atoms with Crippen molar-refractivity contribution in [1.82, 2.24) is 0 Å². The van der Waals surface area contributed by atoms with Crippen molar-refractivity contribution in [3.63, 3.8) is 0 Å². The van der Waals surface area contributed by atoms with Gasteiger partial charge in [0.2, 0.25) is 0 Å². The molecule has 0 saturated heterocycles. The maximum Gasteiger partial charge on any atom is 0.115 e. The highest BCUT2D eigenvalue weighted by Gasteiger charge is 2.20. The van der Waals surface area contributed by atoms with E-state index in [0.29, 0.717) is 12.1 Å². The van der Waals surface area contributed by atoms with E-state index in [4.69, 9.17) is 0 Å². The number of rotatable bonds is 5. The molecule has 3 aromatic rings. The van der Waals surface area contributed by atoms with E-state index in [1.165, 1.54) is 11.1 Å². The summed E-state index contributed by atoms with van der Waals surface area (Å²) in [5, 5.41) is 22.7. The van der Waals surface area contributed by atoms with Crippen molar-refractivity contribution in [1.29, 1.82) is 0 Å². The fraction of sp³-hybridized carbons (Fsp3) is 0.136. The largest absolute Gasteiger partial charge is 0.508 e. The normalized spacial score (nSPS) is 12.8. The van der Waals surface area contributed by atoms with Crippen LogP contribution in [0.4, 0.5) is 0 Å². The Morgan fingerprint density at radius 1 is 0.962 bits per heavy atom. The average Bonchev–Trinajstić information content (AvgIpc) is 2.66. The summed E-state index contributed by atoms with van der Waals surface area (Å²) in [6.45, 7) is 2.09. The smallest absolute Gasteiger partial charge is 0.115 e. The van der Waals surface area contributed by atoms with Crippen molar-refractivity contribution in [3.8, 4) is 5.75 Å². The molecule has 0 aliphatic carbocycles. The lowest BCUT2D eigenvalue weighted by molar-refractivity contribution is 0.317. The molecule has 3 rings (SSSR count). The molecule has 0 bridgehead atoms. The van der Waals surface area contributed by atoms with Gasteiger partial charge in [0.05, 0.1) is 5.71 Å². The molecule has 0 aliphatic heterocycles. The van der Waals surface area contributed by atoms with Crippen LogP contribution >= 0.6 is 15.9 Å². The van der Waals surface area contributed by atoms with Crippen LogP contribution in [0.1, 0.15) is 34.6 Å². The van der Waals surface area contributed by atoms with Gasteiger partial charge < -0.3 is 10.3 Å². The van der Waals surface area contributed by atoms with Crippen LogP contribution in [0.2, 0.25) is 0 Å². The van der Waals surface area contributed by atoms with Crippen LogP contribution in [0.25, 0.3) is 0 Å². The highest BCUT2D eigenvalue weighted by molar-refractivity contribution is 9.10. The third kappa shape index (κ3) is 4.14. The average molecular weight is 410 g/mol. The zero-order valence-corrected chi connectivity index (χ0v) is 16.0. The van der Waals surface area contributed by atoms with Crippen molar-refractivity contribution >= 4 is 21.6 Å². The first kappa shape index (κ1) is 18.2. The molecule has 0 radical (unpaired) electrons. The lowest BCUT2D eigenvalue weighted by Crippen LogP contribution is -2.11. The van der Waals surface area contributed by atoms with Crippen molar-refractivity contribution in [2.45, 2.75) is 19.3 Å². The summed E-state index contributed by atoms with van der Waals surface area (Å²) in [5.74, 6) is 0.249. The first-order valence-corrected chi connectivity index (χ1v) is 9.19. The van der Waals surface area contributed by atoms with Crippen molar-refractivity contribution in [2.24, 2.45) is 5.16 Å². The predicted molar refractivity (Wildman–Crippen MR) is 108 cm³/mol. The first-order valence-electron chi connectivity index (χ1n) is 8.40. The van der Waals surface area contributed by atoms with E-state index in [2.05, 4.69) is 52.3 Å². The number of halogens is 1. The number of benzene rings is 3. The molecule has 4 heteroatoms. The Kier molecular flexibility index (Phi) is 5.74. The van der Waals surface area contributed by atoms with Gasteiger partial charge in [-0.3, -0.25) is 0 Å². The van der Waals surface area contributed by atoms with E-state index in [1.807, 2.05) is 24.3 Å². The summed E-state index contributed by atoms with van der Waals surface area (Å²) in [6.07, 6.45) is 0.549. The van der Waals surface area contributed by atoms with E-state index >= 15 is 0 Å².